The van der Waals surface area contributed by atoms with E-state index in [0.29, 0.717) is 6.42 Å². The van der Waals surface area contributed by atoms with E-state index in [4.69, 9.17) is 4.52 Å². The highest BCUT2D eigenvalue weighted by Crippen LogP contribution is 2.26. The topological polar surface area (TPSA) is 56.0 Å². The van der Waals surface area contributed by atoms with Crippen molar-refractivity contribution >= 4 is 21.7 Å². The fourth-order valence-corrected chi connectivity index (χ4v) is 1.92. The van der Waals surface area contributed by atoms with Gasteiger partial charge < -0.3 is 4.52 Å². The molecule has 0 amide bonds. The Hall–Kier alpha value is -1.70. The number of ketones is 1. The Kier molecular flexibility index (Phi) is 4.46. The minimum absolute atomic E-state index is 0.231. The first-order chi connectivity index (χ1) is 9.77. The predicted octanol–water partition coefficient (Wildman–Crippen LogP) is 3.66. The van der Waals surface area contributed by atoms with Gasteiger partial charge in [0.15, 0.2) is 5.82 Å². The predicted molar refractivity (Wildman–Crippen MR) is 70.7 cm³/mol. The second-order valence-corrected chi connectivity index (χ2v) is 5.35. The Labute approximate surface area is 126 Å². The van der Waals surface area contributed by atoms with Gasteiger partial charge in [-0.15, -0.1) is 0 Å². The molecule has 0 bridgehead atoms. The average molecular weight is 363 g/mol. The minimum atomic E-state index is -4.92. The zero-order valence-electron chi connectivity index (χ0n) is 10.8. The number of carbonyl (C=O) groups is 1. The fourth-order valence-electron chi connectivity index (χ4n) is 1.66. The van der Waals surface area contributed by atoms with E-state index in [-0.39, 0.29) is 11.7 Å². The van der Waals surface area contributed by atoms with Gasteiger partial charge in [0.05, 0.1) is 0 Å². The Balaban J connectivity index is 2.11. The number of nitrogens with zero attached hydrogens (tertiary/aromatic N) is 2. The number of Topliss-reactive ketones (excluding diaryl/α,β-unsaturated/α-hetero) is 1. The molecule has 4 nitrogen and oxygen atoms in total. The lowest BCUT2D eigenvalue weighted by Crippen LogP contribution is -2.27. The quantitative estimate of drug-likeness (QED) is 0.832. The lowest BCUT2D eigenvalue weighted by Gasteiger charge is -2.08. The average Bonchev–Trinajstić information content (AvgIpc) is 2.87. The van der Waals surface area contributed by atoms with E-state index in [1.54, 1.807) is 0 Å². The summed E-state index contributed by atoms with van der Waals surface area (Å²) in [5.74, 6) is -3.50. The van der Waals surface area contributed by atoms with E-state index in [0.717, 1.165) is 17.0 Å². The molecule has 0 saturated carbocycles. The van der Waals surface area contributed by atoms with Crippen molar-refractivity contribution in [1.29, 1.82) is 0 Å². The number of carbonyl (C=O) groups excluding carboxylic acids is 1. The maximum atomic E-state index is 12.3. The zero-order valence-corrected chi connectivity index (χ0v) is 12.4. The van der Waals surface area contributed by atoms with Crippen molar-refractivity contribution in [2.24, 2.45) is 0 Å². The standard InChI is InChI=1S/C13H10BrF3N2O2/c1-7(11(20)13(15,16)17)12-18-10(19-21-12)6-8-2-4-9(14)5-3-8/h2-5,7H,6H2,1H3. The van der Waals surface area contributed by atoms with Crippen molar-refractivity contribution in [3.63, 3.8) is 0 Å². The molecule has 2 rings (SSSR count). The number of benzene rings is 1. The number of alkyl halides is 3. The van der Waals surface area contributed by atoms with Crippen molar-refractivity contribution in [2.45, 2.75) is 25.4 Å². The first-order valence-corrected chi connectivity index (χ1v) is 6.74. The second kappa shape index (κ2) is 5.97. The zero-order chi connectivity index (χ0) is 15.6. The normalized spacial score (nSPS) is 13.2. The van der Waals surface area contributed by atoms with Gasteiger partial charge in [-0.3, -0.25) is 4.79 Å². The first-order valence-electron chi connectivity index (χ1n) is 5.95. The summed E-state index contributed by atoms with van der Waals surface area (Å²) in [6.07, 6.45) is -4.61. The number of halogens is 4. The lowest BCUT2D eigenvalue weighted by molar-refractivity contribution is -0.172. The van der Waals surface area contributed by atoms with Crippen LogP contribution in [0, 0.1) is 0 Å². The highest BCUT2D eigenvalue weighted by atomic mass is 79.9. The van der Waals surface area contributed by atoms with Crippen LogP contribution in [0.4, 0.5) is 13.2 Å². The van der Waals surface area contributed by atoms with E-state index in [1.165, 1.54) is 0 Å². The minimum Gasteiger partial charge on any atom is -0.339 e. The van der Waals surface area contributed by atoms with Gasteiger partial charge in [-0.25, -0.2) is 0 Å². The highest BCUT2D eigenvalue weighted by Gasteiger charge is 2.43. The molecule has 112 valence electrons. The van der Waals surface area contributed by atoms with Gasteiger partial charge in [-0.05, 0) is 24.6 Å². The summed E-state index contributed by atoms with van der Waals surface area (Å²) in [7, 11) is 0. The van der Waals surface area contributed by atoms with Gasteiger partial charge in [0, 0.05) is 10.9 Å². The fraction of sp³-hybridized carbons (Fsp3) is 0.308. The third-order valence-electron chi connectivity index (χ3n) is 2.80. The summed E-state index contributed by atoms with van der Waals surface area (Å²) < 4.78 is 42.7. The van der Waals surface area contributed by atoms with Gasteiger partial charge in [-0.1, -0.05) is 33.2 Å². The molecule has 0 fully saturated rings. The molecule has 8 heteroatoms. The number of aromatic nitrogens is 2. The monoisotopic (exact) mass is 362 g/mol. The first kappa shape index (κ1) is 15.7. The Morgan fingerprint density at radius 3 is 2.52 bits per heavy atom. The molecule has 1 atom stereocenters. The molecule has 1 aromatic carbocycles. The van der Waals surface area contributed by atoms with Crippen LogP contribution in [0.25, 0.3) is 0 Å². The molecule has 0 aliphatic rings. The van der Waals surface area contributed by atoms with Gasteiger partial charge in [0.25, 0.3) is 0 Å². The molecular formula is C13H10BrF3N2O2. The summed E-state index contributed by atoms with van der Waals surface area (Å²) in [6, 6.07) is 7.30. The number of rotatable bonds is 4. The summed E-state index contributed by atoms with van der Waals surface area (Å²) in [5, 5.41) is 3.60. The lowest BCUT2D eigenvalue weighted by atomic mass is 10.1. The van der Waals surface area contributed by atoms with Gasteiger partial charge >= 0.3 is 6.18 Å². The Morgan fingerprint density at radius 1 is 1.33 bits per heavy atom. The van der Waals surface area contributed by atoms with Crippen LogP contribution < -0.4 is 0 Å². The van der Waals surface area contributed by atoms with E-state index >= 15 is 0 Å². The second-order valence-electron chi connectivity index (χ2n) is 4.44. The smallest absolute Gasteiger partial charge is 0.339 e. The molecule has 1 heterocycles. The van der Waals surface area contributed by atoms with Crippen LogP contribution in [0.5, 0.6) is 0 Å². The molecule has 0 radical (unpaired) electrons. The van der Waals surface area contributed by atoms with Crippen molar-refractivity contribution in [2.75, 3.05) is 0 Å². The Morgan fingerprint density at radius 2 is 1.95 bits per heavy atom. The third-order valence-corrected chi connectivity index (χ3v) is 3.33. The van der Waals surface area contributed by atoms with E-state index in [1.807, 2.05) is 24.3 Å². The summed E-state index contributed by atoms with van der Waals surface area (Å²) in [4.78, 5) is 15.0. The molecule has 0 aliphatic heterocycles. The van der Waals surface area contributed by atoms with Crippen LogP contribution >= 0.6 is 15.9 Å². The maximum absolute atomic E-state index is 12.3. The summed E-state index contributed by atoms with van der Waals surface area (Å²) in [6.45, 7) is 1.09. The summed E-state index contributed by atoms with van der Waals surface area (Å²) in [5.41, 5.74) is 0.875. The molecule has 0 aliphatic carbocycles. The van der Waals surface area contributed by atoms with E-state index in [9.17, 15) is 18.0 Å². The SMILES string of the molecule is CC(C(=O)C(F)(F)F)c1nc(Cc2ccc(Br)cc2)no1. The summed E-state index contributed by atoms with van der Waals surface area (Å²) >= 11 is 3.29. The molecule has 1 unspecified atom stereocenters. The van der Waals surface area contributed by atoms with Crippen LogP contribution in [-0.4, -0.2) is 22.1 Å². The highest BCUT2D eigenvalue weighted by molar-refractivity contribution is 9.10. The third kappa shape index (κ3) is 3.90. The molecule has 2 aromatic rings. The molecule has 0 spiro atoms. The largest absolute Gasteiger partial charge is 0.450 e. The van der Waals surface area contributed by atoms with Crippen molar-refractivity contribution in [3.8, 4) is 0 Å². The van der Waals surface area contributed by atoms with Gasteiger partial charge in [-0.2, -0.15) is 18.2 Å². The van der Waals surface area contributed by atoms with Crippen LogP contribution in [0.1, 0.15) is 30.1 Å². The molecule has 1 aromatic heterocycles. The number of hydrogen-bond acceptors (Lipinski definition) is 4. The van der Waals surface area contributed by atoms with Crippen LogP contribution in [0.2, 0.25) is 0 Å². The van der Waals surface area contributed by atoms with Crippen LogP contribution in [0.15, 0.2) is 33.3 Å². The molecule has 0 N–H and O–H groups in total. The maximum Gasteiger partial charge on any atom is 0.450 e. The molecule has 21 heavy (non-hydrogen) atoms. The van der Waals surface area contributed by atoms with Gasteiger partial charge in [0.1, 0.15) is 5.92 Å². The van der Waals surface area contributed by atoms with E-state index < -0.39 is 17.9 Å². The Bertz CT molecular complexity index is 638. The van der Waals surface area contributed by atoms with Crippen LogP contribution in [0.3, 0.4) is 0 Å². The van der Waals surface area contributed by atoms with Crippen LogP contribution in [-0.2, 0) is 11.2 Å². The van der Waals surface area contributed by atoms with Crippen molar-refractivity contribution in [3.05, 3.63) is 46.0 Å². The van der Waals surface area contributed by atoms with Gasteiger partial charge in [0.2, 0.25) is 11.7 Å². The van der Waals surface area contributed by atoms with Crippen molar-refractivity contribution < 1.29 is 22.5 Å². The molecule has 0 saturated heterocycles. The molecular weight excluding hydrogens is 353 g/mol. The van der Waals surface area contributed by atoms with E-state index in [2.05, 4.69) is 26.1 Å². The van der Waals surface area contributed by atoms with Crippen molar-refractivity contribution in [1.82, 2.24) is 10.1 Å². The number of hydrogen-bond donors (Lipinski definition) is 0.